The van der Waals surface area contributed by atoms with Crippen molar-refractivity contribution >= 4 is 50.9 Å². The number of amides is 1. The molecule has 1 fully saturated rings. The van der Waals surface area contributed by atoms with E-state index >= 15 is 0 Å². The van der Waals surface area contributed by atoms with Crippen LogP contribution in [-0.2, 0) is 4.79 Å². The molecular formula is C18H16N4OS2. The molecule has 1 aliphatic heterocycles. The fraction of sp³-hybridized carbons (Fsp3) is 0.167. The Bertz CT molecular complexity index is 1060. The van der Waals surface area contributed by atoms with Crippen LogP contribution in [0.2, 0.25) is 0 Å². The van der Waals surface area contributed by atoms with Crippen LogP contribution in [0.15, 0.2) is 39.7 Å². The molecule has 5 nitrogen and oxygen atoms in total. The van der Waals surface area contributed by atoms with Gasteiger partial charge in [-0.25, -0.2) is 9.98 Å². The molecule has 0 aliphatic carbocycles. The van der Waals surface area contributed by atoms with Crippen molar-refractivity contribution in [2.24, 2.45) is 4.99 Å². The number of thioether (sulfide) groups is 1. The molecule has 0 radical (unpaired) electrons. The number of benzene rings is 1. The highest BCUT2D eigenvalue weighted by Crippen LogP contribution is 2.30. The summed E-state index contributed by atoms with van der Waals surface area (Å²) >= 11 is 2.93. The molecule has 1 aliphatic rings. The van der Waals surface area contributed by atoms with Gasteiger partial charge in [-0.1, -0.05) is 17.7 Å². The monoisotopic (exact) mass is 368 g/mol. The minimum absolute atomic E-state index is 0.127. The molecule has 7 heteroatoms. The second kappa shape index (κ2) is 6.16. The molecule has 1 aromatic carbocycles. The van der Waals surface area contributed by atoms with E-state index in [1.54, 1.807) is 11.3 Å². The summed E-state index contributed by atoms with van der Waals surface area (Å²) in [7, 11) is 0. The summed E-state index contributed by atoms with van der Waals surface area (Å²) in [5.41, 5.74) is 5.00. The molecule has 0 atom stereocenters. The van der Waals surface area contributed by atoms with Gasteiger partial charge in [0.05, 0.1) is 22.0 Å². The van der Waals surface area contributed by atoms with E-state index in [0.717, 1.165) is 27.6 Å². The smallest absolute Gasteiger partial charge is 0.264 e. The Hall–Kier alpha value is -2.38. The molecule has 25 heavy (non-hydrogen) atoms. The summed E-state index contributed by atoms with van der Waals surface area (Å²) in [5.74, 6) is -0.127. The van der Waals surface area contributed by atoms with Gasteiger partial charge in [-0.05, 0) is 50.2 Å². The van der Waals surface area contributed by atoms with E-state index < -0.39 is 0 Å². The lowest BCUT2D eigenvalue weighted by Gasteiger charge is -2.02. The van der Waals surface area contributed by atoms with Crippen molar-refractivity contribution in [2.45, 2.75) is 20.8 Å². The molecule has 1 saturated heterocycles. The predicted molar refractivity (Wildman–Crippen MR) is 105 cm³/mol. The molecule has 0 unspecified atom stereocenters. The summed E-state index contributed by atoms with van der Waals surface area (Å²) in [4.78, 5) is 23.0. The number of aliphatic imine (C=N–C) groups is 1. The van der Waals surface area contributed by atoms with Gasteiger partial charge < -0.3 is 5.32 Å². The van der Waals surface area contributed by atoms with Gasteiger partial charge in [0.2, 0.25) is 0 Å². The number of aromatic nitrogens is 2. The van der Waals surface area contributed by atoms with E-state index in [4.69, 9.17) is 0 Å². The van der Waals surface area contributed by atoms with Crippen LogP contribution in [0.3, 0.4) is 0 Å². The predicted octanol–water partition coefficient (Wildman–Crippen LogP) is 4.21. The summed E-state index contributed by atoms with van der Waals surface area (Å²) < 4.78 is 2.00. The fourth-order valence-corrected chi connectivity index (χ4v) is 4.31. The maximum absolute atomic E-state index is 12.3. The van der Waals surface area contributed by atoms with Gasteiger partial charge in [0, 0.05) is 11.6 Å². The minimum atomic E-state index is -0.127. The first-order valence-electron chi connectivity index (χ1n) is 7.80. The van der Waals surface area contributed by atoms with Crippen LogP contribution in [0.5, 0.6) is 0 Å². The van der Waals surface area contributed by atoms with Crippen LogP contribution < -0.4 is 5.32 Å². The van der Waals surface area contributed by atoms with E-state index in [2.05, 4.69) is 28.3 Å². The van der Waals surface area contributed by atoms with Crippen LogP contribution >= 0.6 is 23.1 Å². The summed E-state index contributed by atoms with van der Waals surface area (Å²) in [5, 5.41) is 5.44. The SMILES string of the molecule is Cc1ccc(N=C2NC(=O)C(=Cc3c(C)nc4sccn34)S2)c(C)c1. The molecular weight excluding hydrogens is 352 g/mol. The largest absolute Gasteiger partial charge is 0.300 e. The highest BCUT2D eigenvalue weighted by atomic mass is 32.2. The Morgan fingerprint density at radius 1 is 1.28 bits per heavy atom. The summed E-state index contributed by atoms with van der Waals surface area (Å²) in [6, 6.07) is 6.08. The number of carbonyl (C=O) groups is 1. The number of hydrogen-bond acceptors (Lipinski definition) is 5. The fourth-order valence-electron chi connectivity index (χ4n) is 2.73. The number of aryl methyl sites for hydroxylation is 3. The summed E-state index contributed by atoms with van der Waals surface area (Å²) in [6.07, 6.45) is 3.85. The average Bonchev–Trinajstić information content (AvgIpc) is 3.21. The second-order valence-corrected chi connectivity index (χ2v) is 7.81. The topological polar surface area (TPSA) is 58.8 Å². The molecule has 1 amide bonds. The van der Waals surface area contributed by atoms with Crippen molar-refractivity contribution in [3.8, 4) is 0 Å². The molecule has 3 heterocycles. The van der Waals surface area contributed by atoms with Crippen LogP contribution in [0.25, 0.3) is 11.0 Å². The van der Waals surface area contributed by atoms with Crippen LogP contribution in [0, 0.1) is 20.8 Å². The first kappa shape index (κ1) is 16.1. The molecule has 3 aromatic rings. The third-order valence-corrected chi connectivity index (χ3v) is 5.64. The lowest BCUT2D eigenvalue weighted by atomic mass is 10.1. The van der Waals surface area contributed by atoms with E-state index in [0.29, 0.717) is 10.1 Å². The van der Waals surface area contributed by atoms with Crippen molar-refractivity contribution in [1.82, 2.24) is 14.7 Å². The number of carbonyl (C=O) groups excluding carboxylic acids is 1. The lowest BCUT2D eigenvalue weighted by molar-refractivity contribution is -0.115. The number of amidine groups is 1. The van der Waals surface area contributed by atoms with Crippen molar-refractivity contribution in [1.29, 1.82) is 0 Å². The van der Waals surface area contributed by atoms with Crippen LogP contribution in [0.1, 0.15) is 22.5 Å². The van der Waals surface area contributed by atoms with Crippen molar-refractivity contribution in [3.05, 3.63) is 57.2 Å². The maximum Gasteiger partial charge on any atom is 0.264 e. The molecule has 0 bridgehead atoms. The normalized spacial score (nSPS) is 17.8. The van der Waals surface area contributed by atoms with Gasteiger partial charge in [-0.15, -0.1) is 11.3 Å². The van der Waals surface area contributed by atoms with Crippen LogP contribution in [-0.4, -0.2) is 20.5 Å². The van der Waals surface area contributed by atoms with Gasteiger partial charge in [0.25, 0.3) is 5.91 Å². The standard InChI is InChI=1S/C18H16N4OS2/c1-10-4-5-13(11(2)8-10)20-17-21-16(23)15(25-17)9-14-12(3)19-18-22(14)6-7-24-18/h4-9H,1-3H3,(H,20,21,23). The first-order valence-corrected chi connectivity index (χ1v) is 9.50. The number of hydrogen-bond donors (Lipinski definition) is 1. The Labute approximate surface area is 153 Å². The zero-order chi connectivity index (χ0) is 17.6. The second-order valence-electron chi connectivity index (χ2n) is 5.91. The van der Waals surface area contributed by atoms with E-state index in [1.807, 2.05) is 48.0 Å². The van der Waals surface area contributed by atoms with Crippen molar-refractivity contribution in [2.75, 3.05) is 0 Å². The molecule has 1 N–H and O–H groups in total. The minimum Gasteiger partial charge on any atom is -0.300 e. The number of rotatable bonds is 2. The summed E-state index contributed by atoms with van der Waals surface area (Å²) in [6.45, 7) is 6.03. The zero-order valence-electron chi connectivity index (χ0n) is 14.0. The Morgan fingerprint density at radius 2 is 2.12 bits per heavy atom. The Balaban J connectivity index is 1.67. The maximum atomic E-state index is 12.3. The molecule has 126 valence electrons. The van der Waals surface area contributed by atoms with Gasteiger partial charge in [0.1, 0.15) is 0 Å². The van der Waals surface area contributed by atoms with Gasteiger partial charge in [-0.3, -0.25) is 9.20 Å². The molecule has 2 aromatic heterocycles. The third-order valence-electron chi connectivity index (χ3n) is 3.98. The number of thiazole rings is 1. The number of nitrogens with zero attached hydrogens (tertiary/aromatic N) is 3. The first-order chi connectivity index (χ1) is 12.0. The quantitative estimate of drug-likeness (QED) is 0.689. The highest BCUT2D eigenvalue weighted by molar-refractivity contribution is 8.18. The van der Waals surface area contributed by atoms with E-state index in [9.17, 15) is 4.79 Å². The number of imidazole rings is 1. The zero-order valence-corrected chi connectivity index (χ0v) is 15.7. The van der Waals surface area contributed by atoms with Gasteiger partial charge in [-0.2, -0.15) is 0 Å². The third kappa shape index (κ3) is 3.01. The van der Waals surface area contributed by atoms with Crippen LogP contribution in [0.4, 0.5) is 5.69 Å². The number of nitrogens with one attached hydrogen (secondary N) is 1. The Morgan fingerprint density at radius 3 is 2.92 bits per heavy atom. The van der Waals surface area contributed by atoms with Gasteiger partial charge >= 0.3 is 0 Å². The highest BCUT2D eigenvalue weighted by Gasteiger charge is 2.25. The Kier molecular flexibility index (Phi) is 3.97. The van der Waals surface area contributed by atoms with Crippen molar-refractivity contribution < 1.29 is 4.79 Å². The van der Waals surface area contributed by atoms with E-state index in [-0.39, 0.29) is 5.91 Å². The van der Waals surface area contributed by atoms with Gasteiger partial charge in [0.15, 0.2) is 10.1 Å². The lowest BCUT2D eigenvalue weighted by Crippen LogP contribution is -2.19. The van der Waals surface area contributed by atoms with Crippen molar-refractivity contribution in [3.63, 3.8) is 0 Å². The molecule has 0 saturated carbocycles. The number of fused-ring (bicyclic) bond motifs is 1. The average molecular weight is 368 g/mol. The molecule has 4 rings (SSSR count). The van der Waals surface area contributed by atoms with E-state index in [1.165, 1.54) is 17.3 Å². The molecule has 0 spiro atoms.